The number of fused-ring (bicyclic) bond motifs is 8. The molecule has 7 rings (SSSR count). The minimum Gasteiger partial charge on any atom is -0.494 e. The molecule has 1 fully saturated rings. The van der Waals surface area contributed by atoms with Crippen LogP contribution < -0.4 is 9.64 Å². The molecular weight excluding hydrogens is 482 g/mol. The molecule has 10 nitrogen and oxygen atoms in total. The van der Waals surface area contributed by atoms with Crippen LogP contribution >= 0.6 is 0 Å². The van der Waals surface area contributed by atoms with E-state index in [0.717, 1.165) is 23.2 Å². The Morgan fingerprint density at radius 2 is 2.00 bits per heavy atom. The number of carbonyl (C=O) groups is 2. The number of aromatic nitrogens is 5. The van der Waals surface area contributed by atoms with Gasteiger partial charge in [0.15, 0.2) is 0 Å². The van der Waals surface area contributed by atoms with Crippen molar-refractivity contribution in [3.63, 3.8) is 0 Å². The monoisotopic (exact) mass is 507 g/mol. The van der Waals surface area contributed by atoms with Gasteiger partial charge in [0.1, 0.15) is 22.6 Å². The van der Waals surface area contributed by atoms with Crippen LogP contribution in [0.4, 0.5) is 5.69 Å². The zero-order valence-corrected chi connectivity index (χ0v) is 20.6. The largest absolute Gasteiger partial charge is 0.494 e. The SMILES string of the molecule is O=C(c1cnccn1)N1CC[C@]23C(=O)N(Cc4cn(nn4)CCCOc4cccc(c4)[C@@H]12)c1ccccc13. The van der Waals surface area contributed by atoms with E-state index in [1.54, 1.807) is 14.5 Å². The minimum atomic E-state index is -0.969. The van der Waals surface area contributed by atoms with E-state index in [-0.39, 0.29) is 17.5 Å². The average Bonchev–Trinajstić information content (AvgIpc) is 3.64. The molecule has 1 spiro atoms. The van der Waals surface area contributed by atoms with Gasteiger partial charge in [-0.25, -0.2) is 4.98 Å². The molecule has 190 valence electrons. The van der Waals surface area contributed by atoms with E-state index < -0.39 is 11.5 Å². The molecule has 2 amide bonds. The molecule has 0 aliphatic carbocycles. The molecule has 0 saturated carbocycles. The van der Waals surface area contributed by atoms with E-state index in [9.17, 15) is 9.59 Å². The van der Waals surface area contributed by atoms with E-state index in [4.69, 9.17) is 4.74 Å². The number of likely N-dealkylation sites (tertiary alicyclic amines) is 1. The highest BCUT2D eigenvalue weighted by Gasteiger charge is 2.61. The number of hydrogen-bond donors (Lipinski definition) is 0. The fourth-order valence-corrected chi connectivity index (χ4v) is 6.16. The highest BCUT2D eigenvalue weighted by Crippen LogP contribution is 2.57. The summed E-state index contributed by atoms with van der Waals surface area (Å²) in [6, 6.07) is 15.1. The van der Waals surface area contributed by atoms with Crippen LogP contribution in [-0.2, 0) is 23.3 Å². The lowest BCUT2D eigenvalue weighted by atomic mass is 9.72. The van der Waals surface area contributed by atoms with Crippen molar-refractivity contribution < 1.29 is 14.3 Å². The summed E-state index contributed by atoms with van der Waals surface area (Å²) < 4.78 is 7.88. The van der Waals surface area contributed by atoms with Gasteiger partial charge in [0.25, 0.3) is 5.91 Å². The van der Waals surface area contributed by atoms with Crippen molar-refractivity contribution in [1.29, 1.82) is 0 Å². The highest BCUT2D eigenvalue weighted by atomic mass is 16.5. The molecule has 2 aromatic carbocycles. The Labute approximate surface area is 218 Å². The van der Waals surface area contributed by atoms with E-state index >= 15 is 0 Å². The first-order valence-corrected chi connectivity index (χ1v) is 12.8. The molecule has 0 unspecified atom stereocenters. The molecular formula is C28H25N7O3. The third-order valence-electron chi connectivity index (χ3n) is 7.75. The van der Waals surface area contributed by atoms with Gasteiger partial charge in [-0.15, -0.1) is 5.10 Å². The maximum atomic E-state index is 14.6. The van der Waals surface area contributed by atoms with Crippen molar-refractivity contribution in [3.05, 3.63) is 95.8 Å². The number of rotatable bonds is 1. The van der Waals surface area contributed by atoms with Gasteiger partial charge in [-0.2, -0.15) is 0 Å². The Kier molecular flexibility index (Phi) is 5.20. The van der Waals surface area contributed by atoms with Crippen LogP contribution in [0.3, 0.4) is 0 Å². The van der Waals surface area contributed by atoms with Crippen molar-refractivity contribution in [2.24, 2.45) is 0 Å². The van der Waals surface area contributed by atoms with Crippen LogP contribution in [0.1, 0.15) is 46.2 Å². The number of aryl methyl sites for hydroxylation is 1. The first-order chi connectivity index (χ1) is 18.6. The highest BCUT2D eigenvalue weighted by molar-refractivity contribution is 6.09. The zero-order chi connectivity index (χ0) is 25.7. The lowest BCUT2D eigenvalue weighted by molar-refractivity contribution is -0.124. The molecule has 38 heavy (non-hydrogen) atoms. The number of hydrogen-bond acceptors (Lipinski definition) is 7. The van der Waals surface area contributed by atoms with Crippen LogP contribution in [0.2, 0.25) is 0 Å². The Hall–Kier alpha value is -4.60. The molecule has 2 atom stereocenters. The normalized spacial score (nSPS) is 22.2. The maximum Gasteiger partial charge on any atom is 0.274 e. The minimum absolute atomic E-state index is 0.0473. The van der Waals surface area contributed by atoms with Crippen molar-refractivity contribution in [2.45, 2.75) is 37.4 Å². The zero-order valence-electron chi connectivity index (χ0n) is 20.6. The van der Waals surface area contributed by atoms with Crippen LogP contribution in [0.5, 0.6) is 5.75 Å². The lowest BCUT2D eigenvalue weighted by Crippen LogP contribution is -2.45. The molecule has 6 bridgehead atoms. The Morgan fingerprint density at radius 3 is 2.89 bits per heavy atom. The van der Waals surface area contributed by atoms with E-state index in [2.05, 4.69) is 20.3 Å². The van der Waals surface area contributed by atoms with Crippen molar-refractivity contribution in [2.75, 3.05) is 18.1 Å². The second-order valence-corrected chi connectivity index (χ2v) is 9.87. The number of carbonyl (C=O) groups excluding carboxylic acids is 2. The number of benzene rings is 2. The summed E-state index contributed by atoms with van der Waals surface area (Å²) in [5.74, 6) is 0.394. The second-order valence-electron chi connectivity index (χ2n) is 9.87. The summed E-state index contributed by atoms with van der Waals surface area (Å²) in [6.07, 6.45) is 7.64. The van der Waals surface area contributed by atoms with Gasteiger partial charge < -0.3 is 14.5 Å². The summed E-state index contributed by atoms with van der Waals surface area (Å²) in [7, 11) is 0. The summed E-state index contributed by atoms with van der Waals surface area (Å²) in [5, 5.41) is 8.59. The predicted octanol–water partition coefficient (Wildman–Crippen LogP) is 2.92. The van der Waals surface area contributed by atoms with E-state index in [1.165, 1.54) is 18.6 Å². The van der Waals surface area contributed by atoms with Gasteiger partial charge in [-0.3, -0.25) is 19.3 Å². The smallest absolute Gasteiger partial charge is 0.274 e. The predicted molar refractivity (Wildman–Crippen MR) is 136 cm³/mol. The van der Waals surface area contributed by atoms with E-state index in [1.807, 2.05) is 54.7 Å². The quantitative estimate of drug-likeness (QED) is 0.390. The average molecular weight is 508 g/mol. The van der Waals surface area contributed by atoms with Crippen LogP contribution in [0, 0.1) is 0 Å². The molecule has 0 radical (unpaired) electrons. The standard InChI is InChI=1S/C28H25N7O3/c36-26(23-16-29-10-11-30-23)34-13-9-28-22-7-1-2-8-24(22)35(27(28)37)18-20-17-33(32-31-20)12-4-14-38-21-6-3-5-19(15-21)25(28)34/h1-3,5-8,10-11,15-17,25H,4,9,12-14,18H2/t25-,28-/m1/s1. The molecule has 4 aromatic rings. The van der Waals surface area contributed by atoms with Gasteiger partial charge >= 0.3 is 0 Å². The molecule has 1 saturated heterocycles. The number of ether oxygens (including phenoxy) is 1. The molecule has 2 aromatic heterocycles. The van der Waals surface area contributed by atoms with Gasteiger partial charge in [-0.05, 0) is 35.7 Å². The van der Waals surface area contributed by atoms with Crippen LogP contribution in [0.25, 0.3) is 0 Å². The first kappa shape index (κ1) is 22.6. The lowest BCUT2D eigenvalue weighted by Gasteiger charge is -2.35. The van der Waals surface area contributed by atoms with Crippen LogP contribution in [0.15, 0.2) is 73.3 Å². The van der Waals surface area contributed by atoms with Crippen molar-refractivity contribution in [3.8, 4) is 5.75 Å². The third kappa shape index (κ3) is 3.40. The van der Waals surface area contributed by atoms with Crippen molar-refractivity contribution in [1.82, 2.24) is 29.9 Å². The second kappa shape index (κ2) is 8.76. The van der Waals surface area contributed by atoms with E-state index in [0.29, 0.717) is 44.1 Å². The summed E-state index contributed by atoms with van der Waals surface area (Å²) in [6.45, 7) is 1.86. The Morgan fingerprint density at radius 1 is 1.08 bits per heavy atom. The molecule has 10 heteroatoms. The molecule has 3 aliphatic heterocycles. The van der Waals surface area contributed by atoms with Gasteiger partial charge in [0.05, 0.1) is 31.6 Å². The maximum absolute atomic E-state index is 14.6. The number of nitrogens with zero attached hydrogens (tertiary/aromatic N) is 7. The Bertz CT molecular complexity index is 1540. The summed E-state index contributed by atoms with van der Waals surface area (Å²) in [5.41, 5.74) is 2.59. The van der Waals surface area contributed by atoms with Crippen LogP contribution in [-0.4, -0.2) is 54.8 Å². The van der Waals surface area contributed by atoms with Crippen molar-refractivity contribution >= 4 is 17.5 Å². The van der Waals surface area contributed by atoms with Gasteiger partial charge in [0.2, 0.25) is 5.91 Å². The number of para-hydroxylation sites is 1. The fraction of sp³-hybridized carbons (Fsp3) is 0.286. The number of anilines is 1. The summed E-state index contributed by atoms with van der Waals surface area (Å²) in [4.78, 5) is 40.4. The Balaban J connectivity index is 1.43. The van der Waals surface area contributed by atoms with Gasteiger partial charge in [-0.1, -0.05) is 35.5 Å². The molecule has 5 heterocycles. The number of amides is 2. The first-order valence-electron chi connectivity index (χ1n) is 12.8. The summed E-state index contributed by atoms with van der Waals surface area (Å²) >= 11 is 0. The molecule has 0 N–H and O–H groups in total. The van der Waals surface area contributed by atoms with Gasteiger partial charge in [0, 0.05) is 37.6 Å². The molecule has 3 aliphatic rings. The topological polar surface area (TPSA) is 106 Å². The fourth-order valence-electron chi connectivity index (χ4n) is 6.16. The third-order valence-corrected chi connectivity index (χ3v) is 7.75.